The summed E-state index contributed by atoms with van der Waals surface area (Å²) in [6.45, 7) is 5.30. The Labute approximate surface area is 406 Å². The standard InChI is InChI=1S/C44H46N2O11P2S2.C7H6O/c1-33-19-23-39(24-20-33)60(50,51)45(58(55-41-16-8-5-12-35(41)29-47)56-42-17-9-6-13-36(42)30-48)32-44(3)27-11-15-38(28-44)46(61(52,53)40-25-21-34(2)22-26-40)59(54-4)57-43-18-10-7-14-37(43)31-49;8-6-7-4-2-1-3-5-7/h5-10,12-14,16-26,29-31,38H,11,15,27-28,32H2,1-4H3;1-6H. The van der Waals surface area contributed by atoms with Gasteiger partial charge in [-0.15, -0.1) is 8.15 Å². The van der Waals surface area contributed by atoms with Gasteiger partial charge in [0, 0.05) is 25.3 Å². The van der Waals surface area contributed by atoms with Gasteiger partial charge in [0.1, 0.15) is 23.5 Å². The van der Waals surface area contributed by atoms with Gasteiger partial charge in [-0.1, -0.05) is 115 Å². The first-order chi connectivity index (χ1) is 33.2. The molecule has 1 fully saturated rings. The number of carbonyl (C=O) groups excluding carboxylic acids is 4. The van der Waals surface area contributed by atoms with Crippen molar-refractivity contribution in [1.82, 2.24) is 8.15 Å². The number of hydrogen-bond donors (Lipinski definition) is 0. The number of para-hydroxylation sites is 3. The number of rotatable bonds is 20. The van der Waals surface area contributed by atoms with Crippen LogP contribution >= 0.6 is 17.1 Å². The fourth-order valence-electron chi connectivity index (χ4n) is 7.53. The third-order valence-electron chi connectivity index (χ3n) is 11.1. The lowest BCUT2D eigenvalue weighted by Crippen LogP contribution is -2.47. The normalized spacial score (nSPS) is 16.4. The second kappa shape index (κ2) is 24.0. The first kappa shape index (κ1) is 52.4. The van der Waals surface area contributed by atoms with Gasteiger partial charge < -0.3 is 18.1 Å². The molecule has 0 radical (unpaired) electrons. The molecule has 0 aliphatic heterocycles. The van der Waals surface area contributed by atoms with Crippen LogP contribution in [0, 0.1) is 19.3 Å². The Morgan fingerprint density at radius 3 is 1.41 bits per heavy atom. The van der Waals surface area contributed by atoms with Gasteiger partial charge in [0.2, 0.25) is 0 Å². The van der Waals surface area contributed by atoms with Crippen molar-refractivity contribution >= 4 is 62.2 Å². The van der Waals surface area contributed by atoms with Gasteiger partial charge >= 0.3 is 17.1 Å². The zero-order chi connectivity index (χ0) is 49.6. The van der Waals surface area contributed by atoms with Crippen molar-refractivity contribution in [3.8, 4) is 17.2 Å². The monoisotopic (exact) mass is 1010 g/mol. The van der Waals surface area contributed by atoms with E-state index < -0.39 is 48.6 Å². The first-order valence-corrected chi connectivity index (χ1v) is 26.8. The summed E-state index contributed by atoms with van der Waals surface area (Å²) >= 11 is 0. The van der Waals surface area contributed by atoms with Crippen molar-refractivity contribution in [3.63, 3.8) is 0 Å². The second-order valence-electron chi connectivity index (χ2n) is 16.4. The van der Waals surface area contributed by atoms with E-state index in [-0.39, 0.29) is 56.7 Å². The number of sulfonamides is 2. The highest BCUT2D eigenvalue weighted by atomic mass is 32.2. The fraction of sp³-hybridized carbons (Fsp3) is 0.216. The third-order valence-corrected chi connectivity index (χ3v) is 19.0. The summed E-state index contributed by atoms with van der Waals surface area (Å²) in [7, 11) is -12.7. The number of carbonyl (C=O) groups is 4. The van der Waals surface area contributed by atoms with Crippen molar-refractivity contribution in [2.75, 3.05) is 13.7 Å². The van der Waals surface area contributed by atoms with Crippen LogP contribution in [-0.4, -0.2) is 69.8 Å². The summed E-state index contributed by atoms with van der Waals surface area (Å²) in [5.41, 5.74) is 1.92. The summed E-state index contributed by atoms with van der Waals surface area (Å²) in [5.74, 6) is 0.239. The Morgan fingerprint density at radius 2 is 0.986 bits per heavy atom. The highest BCUT2D eigenvalue weighted by Gasteiger charge is 2.49. The predicted molar refractivity (Wildman–Crippen MR) is 266 cm³/mol. The van der Waals surface area contributed by atoms with Crippen LogP contribution < -0.4 is 13.6 Å². The smallest absolute Gasteiger partial charge is 0.399 e. The van der Waals surface area contributed by atoms with Gasteiger partial charge in [0.05, 0.1) is 26.5 Å². The molecule has 0 saturated heterocycles. The summed E-state index contributed by atoms with van der Waals surface area (Å²) in [4.78, 5) is 46.4. The Kier molecular flexibility index (Phi) is 18.3. The zero-order valence-corrected chi connectivity index (χ0v) is 41.8. The molecule has 6 aromatic rings. The minimum Gasteiger partial charge on any atom is -0.434 e. The third kappa shape index (κ3) is 13.2. The van der Waals surface area contributed by atoms with Crippen molar-refractivity contribution in [2.45, 2.75) is 62.3 Å². The van der Waals surface area contributed by atoms with E-state index in [2.05, 4.69) is 0 Å². The van der Waals surface area contributed by atoms with Crippen molar-refractivity contribution in [3.05, 3.63) is 185 Å². The molecule has 0 heterocycles. The molecule has 0 amide bonds. The summed E-state index contributed by atoms with van der Waals surface area (Å²) in [6, 6.07) is 40.0. The maximum absolute atomic E-state index is 15.1. The van der Waals surface area contributed by atoms with Gasteiger partial charge in [-0.05, 0) is 99.2 Å². The molecule has 3 atom stereocenters. The molecule has 6 aromatic carbocycles. The van der Waals surface area contributed by atoms with E-state index in [4.69, 9.17) is 18.1 Å². The van der Waals surface area contributed by atoms with Gasteiger partial charge in [-0.25, -0.2) is 16.8 Å². The van der Waals surface area contributed by atoms with E-state index in [9.17, 15) is 27.6 Å². The first-order valence-electron chi connectivity index (χ1n) is 21.7. The molecule has 360 valence electrons. The van der Waals surface area contributed by atoms with Crippen LogP contribution in [-0.2, 0) is 24.6 Å². The largest absolute Gasteiger partial charge is 0.434 e. The predicted octanol–water partition coefficient (Wildman–Crippen LogP) is 11.2. The lowest BCUT2D eigenvalue weighted by atomic mass is 9.74. The second-order valence-corrected chi connectivity index (χ2v) is 23.4. The molecule has 0 spiro atoms. The maximum atomic E-state index is 15.1. The number of hydrogen-bond acceptors (Lipinski definition) is 12. The number of benzene rings is 6. The molecule has 0 aromatic heterocycles. The lowest BCUT2D eigenvalue weighted by Gasteiger charge is -2.45. The molecule has 18 heteroatoms. The van der Waals surface area contributed by atoms with Crippen LogP contribution in [0.4, 0.5) is 0 Å². The Hall–Kier alpha value is -5.96. The van der Waals surface area contributed by atoms with Gasteiger partial charge in [-0.2, -0.15) is 0 Å². The molecule has 69 heavy (non-hydrogen) atoms. The molecule has 1 saturated carbocycles. The summed E-state index contributed by atoms with van der Waals surface area (Å²) in [6.07, 6.45) is 4.04. The molecular formula is C51H52N2O12P2S2. The molecular weight excluding hydrogens is 959 g/mol. The van der Waals surface area contributed by atoms with Crippen LogP contribution in [0.3, 0.4) is 0 Å². The molecule has 3 unspecified atom stereocenters. The Bertz CT molecular complexity index is 2870. The Balaban J connectivity index is 0.000000886. The number of nitrogens with zero attached hydrogens (tertiary/aromatic N) is 2. The fourth-order valence-corrected chi connectivity index (χ4v) is 14.9. The van der Waals surface area contributed by atoms with Crippen LogP contribution in [0.1, 0.15) is 85.2 Å². The molecule has 0 N–H and O–H groups in total. The number of aldehydes is 4. The molecule has 14 nitrogen and oxygen atoms in total. The van der Waals surface area contributed by atoms with E-state index in [1.807, 2.05) is 39.0 Å². The highest BCUT2D eigenvalue weighted by molar-refractivity contribution is 7.94. The lowest BCUT2D eigenvalue weighted by molar-refractivity contribution is 0.111. The van der Waals surface area contributed by atoms with E-state index >= 15 is 8.42 Å². The minimum atomic E-state index is -4.49. The quantitative estimate of drug-likeness (QED) is 0.0522. The summed E-state index contributed by atoms with van der Waals surface area (Å²) in [5, 5.41) is 0. The van der Waals surface area contributed by atoms with Crippen LogP contribution in [0.15, 0.2) is 161 Å². The average molecular weight is 1010 g/mol. The summed E-state index contributed by atoms with van der Waals surface area (Å²) < 4.78 is 87.2. The van der Waals surface area contributed by atoms with E-state index in [1.54, 1.807) is 84.9 Å². The average Bonchev–Trinajstić information content (AvgIpc) is 3.36. The van der Waals surface area contributed by atoms with Crippen molar-refractivity contribution in [2.24, 2.45) is 5.41 Å². The Morgan fingerprint density at radius 1 is 0.565 bits per heavy atom. The van der Waals surface area contributed by atoms with Crippen molar-refractivity contribution < 1.29 is 54.1 Å². The molecule has 1 aliphatic carbocycles. The molecule has 7 rings (SSSR count). The van der Waals surface area contributed by atoms with Crippen LogP contribution in [0.5, 0.6) is 17.2 Å². The SMILES string of the molecule is COP(Oc1ccccc1C=O)N(C1CCCC(C)(CN(P(Oc2ccccc2C=O)Oc2ccccc2C=O)S(=O)(=O)c2ccc(C)cc2)C1)S(=O)(=O)c1ccc(C)cc1.O=Cc1ccccc1. The topological polar surface area (TPSA) is 180 Å². The zero-order valence-electron chi connectivity index (χ0n) is 38.4. The van der Waals surface area contributed by atoms with E-state index in [0.717, 1.165) is 27.1 Å². The van der Waals surface area contributed by atoms with E-state index in [0.29, 0.717) is 38.1 Å². The molecule has 1 aliphatic rings. The highest BCUT2D eigenvalue weighted by Crippen LogP contribution is 2.55. The molecule has 0 bridgehead atoms. The van der Waals surface area contributed by atoms with E-state index in [1.165, 1.54) is 59.7 Å². The van der Waals surface area contributed by atoms with Gasteiger partial charge in [-0.3, -0.25) is 19.2 Å². The van der Waals surface area contributed by atoms with Crippen molar-refractivity contribution in [1.29, 1.82) is 0 Å². The van der Waals surface area contributed by atoms with Gasteiger partial charge in [0.25, 0.3) is 20.0 Å². The van der Waals surface area contributed by atoms with Gasteiger partial charge in [0.15, 0.2) is 18.9 Å². The van der Waals surface area contributed by atoms with Crippen LogP contribution in [0.2, 0.25) is 0 Å². The van der Waals surface area contributed by atoms with Crippen LogP contribution in [0.25, 0.3) is 0 Å². The number of aryl methyl sites for hydroxylation is 2. The maximum Gasteiger partial charge on any atom is 0.399 e. The minimum absolute atomic E-state index is 0.00113.